The zero-order chi connectivity index (χ0) is 16.7. The van der Waals surface area contributed by atoms with Crippen molar-refractivity contribution in [3.63, 3.8) is 0 Å². The van der Waals surface area contributed by atoms with Gasteiger partial charge >= 0.3 is 5.97 Å². The molecule has 6 heteroatoms. The van der Waals surface area contributed by atoms with E-state index in [4.69, 9.17) is 16.3 Å². The third-order valence-electron chi connectivity index (χ3n) is 3.37. The summed E-state index contributed by atoms with van der Waals surface area (Å²) in [6, 6.07) is 12.7. The number of benzene rings is 2. The van der Waals surface area contributed by atoms with Crippen LogP contribution in [-0.2, 0) is 4.74 Å². The molecule has 2 aromatic rings. The highest BCUT2D eigenvalue weighted by Gasteiger charge is 2.04. The predicted octanol–water partition coefficient (Wildman–Crippen LogP) is 4.74. The molecule has 0 aliphatic heterocycles. The SMILES string of the molecule is COC(=O)c1ccc(OCCCNc2ccc(Cl)cc2C)cc1.Cl. The Labute approximate surface area is 153 Å². The van der Waals surface area contributed by atoms with E-state index in [0.29, 0.717) is 12.2 Å². The first kappa shape index (κ1) is 20.1. The highest BCUT2D eigenvalue weighted by atomic mass is 35.5. The molecule has 0 radical (unpaired) electrons. The van der Waals surface area contributed by atoms with Crippen LogP contribution in [0.25, 0.3) is 0 Å². The van der Waals surface area contributed by atoms with E-state index in [2.05, 4.69) is 10.1 Å². The smallest absolute Gasteiger partial charge is 0.337 e. The quantitative estimate of drug-likeness (QED) is 0.565. The number of aryl methyl sites for hydroxylation is 1. The van der Waals surface area contributed by atoms with E-state index in [1.807, 2.05) is 25.1 Å². The molecule has 0 amide bonds. The van der Waals surface area contributed by atoms with Gasteiger partial charge in [0.25, 0.3) is 0 Å². The maximum Gasteiger partial charge on any atom is 0.337 e. The topological polar surface area (TPSA) is 47.6 Å². The molecule has 0 bridgehead atoms. The number of anilines is 1. The number of nitrogens with one attached hydrogen (secondary N) is 1. The molecular weight excluding hydrogens is 349 g/mol. The Bertz CT molecular complexity index is 660. The van der Waals surface area contributed by atoms with Crippen molar-refractivity contribution in [2.75, 3.05) is 25.6 Å². The molecule has 0 aliphatic carbocycles. The number of methoxy groups -OCH3 is 1. The first-order valence-corrected chi connectivity index (χ1v) is 7.79. The molecule has 130 valence electrons. The van der Waals surface area contributed by atoms with Crippen molar-refractivity contribution in [3.05, 3.63) is 58.6 Å². The minimum Gasteiger partial charge on any atom is -0.494 e. The third kappa shape index (κ3) is 5.95. The lowest BCUT2D eigenvalue weighted by atomic mass is 10.2. The van der Waals surface area contributed by atoms with Crippen molar-refractivity contribution in [2.45, 2.75) is 13.3 Å². The number of hydrogen-bond donors (Lipinski definition) is 1. The van der Waals surface area contributed by atoms with Crippen LogP contribution in [0.5, 0.6) is 5.75 Å². The lowest BCUT2D eigenvalue weighted by molar-refractivity contribution is 0.0600. The molecule has 2 rings (SSSR count). The zero-order valence-electron chi connectivity index (χ0n) is 13.7. The van der Waals surface area contributed by atoms with E-state index in [1.54, 1.807) is 24.3 Å². The van der Waals surface area contributed by atoms with E-state index in [0.717, 1.165) is 35.0 Å². The van der Waals surface area contributed by atoms with Gasteiger partial charge in [0.1, 0.15) is 5.75 Å². The Morgan fingerprint density at radius 1 is 1.17 bits per heavy atom. The number of carbonyl (C=O) groups is 1. The first-order valence-electron chi connectivity index (χ1n) is 7.41. The largest absolute Gasteiger partial charge is 0.494 e. The van der Waals surface area contributed by atoms with Gasteiger partial charge < -0.3 is 14.8 Å². The summed E-state index contributed by atoms with van der Waals surface area (Å²) in [4.78, 5) is 11.3. The highest BCUT2D eigenvalue weighted by molar-refractivity contribution is 6.30. The second-order valence-corrected chi connectivity index (χ2v) is 5.54. The number of halogens is 2. The van der Waals surface area contributed by atoms with Crippen molar-refractivity contribution >= 4 is 35.7 Å². The molecule has 0 spiro atoms. The van der Waals surface area contributed by atoms with E-state index in [1.165, 1.54) is 7.11 Å². The second-order valence-electron chi connectivity index (χ2n) is 5.10. The fraction of sp³-hybridized carbons (Fsp3) is 0.278. The van der Waals surface area contributed by atoms with Crippen molar-refractivity contribution in [1.29, 1.82) is 0 Å². The molecule has 0 saturated carbocycles. The summed E-state index contributed by atoms with van der Waals surface area (Å²) in [5.41, 5.74) is 2.72. The summed E-state index contributed by atoms with van der Waals surface area (Å²) in [5.74, 6) is 0.388. The molecule has 4 nitrogen and oxygen atoms in total. The third-order valence-corrected chi connectivity index (χ3v) is 3.60. The van der Waals surface area contributed by atoms with Crippen molar-refractivity contribution in [3.8, 4) is 5.75 Å². The maximum atomic E-state index is 11.3. The monoisotopic (exact) mass is 369 g/mol. The van der Waals surface area contributed by atoms with Crippen LogP contribution in [0, 0.1) is 6.92 Å². The Kier molecular flexibility index (Phi) is 8.44. The Balaban J connectivity index is 0.00000288. The molecule has 0 fully saturated rings. The van der Waals surface area contributed by atoms with Crippen LogP contribution in [0.1, 0.15) is 22.3 Å². The van der Waals surface area contributed by atoms with Crippen LogP contribution in [0.3, 0.4) is 0 Å². The second kappa shape index (κ2) is 10.1. The number of hydrogen-bond acceptors (Lipinski definition) is 4. The summed E-state index contributed by atoms with van der Waals surface area (Å²) >= 11 is 5.93. The summed E-state index contributed by atoms with van der Waals surface area (Å²) in [6.07, 6.45) is 0.862. The fourth-order valence-electron chi connectivity index (χ4n) is 2.12. The van der Waals surface area contributed by atoms with Gasteiger partial charge in [-0.3, -0.25) is 0 Å². The fourth-order valence-corrected chi connectivity index (χ4v) is 2.34. The van der Waals surface area contributed by atoms with Gasteiger partial charge in [0.2, 0.25) is 0 Å². The van der Waals surface area contributed by atoms with Crippen LogP contribution in [-0.4, -0.2) is 26.2 Å². The van der Waals surface area contributed by atoms with Crippen molar-refractivity contribution < 1.29 is 14.3 Å². The van der Waals surface area contributed by atoms with Crippen molar-refractivity contribution in [2.24, 2.45) is 0 Å². The number of carbonyl (C=O) groups excluding carboxylic acids is 1. The van der Waals surface area contributed by atoms with E-state index in [9.17, 15) is 4.79 Å². The van der Waals surface area contributed by atoms with Crippen molar-refractivity contribution in [1.82, 2.24) is 0 Å². The van der Waals surface area contributed by atoms with Gasteiger partial charge in [0, 0.05) is 17.3 Å². The standard InChI is InChI=1S/C18H20ClNO3.ClH/c1-13-12-15(19)6-9-17(13)20-10-3-11-23-16-7-4-14(5-8-16)18(21)22-2;/h4-9,12,20H,3,10-11H2,1-2H3;1H. The van der Waals surface area contributed by atoms with E-state index in [-0.39, 0.29) is 18.4 Å². The minimum absolute atomic E-state index is 0. The number of rotatable bonds is 7. The van der Waals surface area contributed by atoms with Gasteiger partial charge in [-0.25, -0.2) is 4.79 Å². The van der Waals surface area contributed by atoms with Crippen LogP contribution >= 0.6 is 24.0 Å². The molecular formula is C18H21Cl2NO3. The number of esters is 1. The lowest BCUT2D eigenvalue weighted by Gasteiger charge is -2.10. The summed E-state index contributed by atoms with van der Waals surface area (Å²) in [6.45, 7) is 3.42. The van der Waals surface area contributed by atoms with Gasteiger partial charge in [0.15, 0.2) is 0 Å². The van der Waals surface area contributed by atoms with Crippen LogP contribution in [0.2, 0.25) is 5.02 Å². The summed E-state index contributed by atoms with van der Waals surface area (Å²) in [7, 11) is 1.36. The maximum absolute atomic E-state index is 11.3. The minimum atomic E-state index is -0.348. The Morgan fingerprint density at radius 2 is 1.88 bits per heavy atom. The molecule has 24 heavy (non-hydrogen) atoms. The van der Waals surface area contributed by atoms with Gasteiger partial charge in [-0.1, -0.05) is 11.6 Å². The molecule has 1 N–H and O–H groups in total. The van der Waals surface area contributed by atoms with Crippen LogP contribution < -0.4 is 10.1 Å². The molecule has 0 aromatic heterocycles. The van der Waals surface area contributed by atoms with E-state index >= 15 is 0 Å². The average Bonchev–Trinajstić information content (AvgIpc) is 2.56. The average molecular weight is 370 g/mol. The summed E-state index contributed by atoms with van der Waals surface area (Å²) in [5, 5.41) is 4.10. The molecule has 0 unspecified atom stereocenters. The number of ether oxygens (including phenoxy) is 2. The van der Waals surface area contributed by atoms with Crippen LogP contribution in [0.15, 0.2) is 42.5 Å². The normalized spacial score (nSPS) is 9.79. The molecule has 0 saturated heterocycles. The first-order chi connectivity index (χ1) is 11.1. The predicted molar refractivity (Wildman–Crippen MR) is 99.8 cm³/mol. The Hall–Kier alpha value is -1.91. The zero-order valence-corrected chi connectivity index (χ0v) is 15.2. The molecule has 0 atom stereocenters. The van der Waals surface area contributed by atoms with Crippen LogP contribution in [0.4, 0.5) is 5.69 Å². The molecule has 0 aliphatic rings. The molecule has 0 heterocycles. The van der Waals surface area contributed by atoms with Gasteiger partial charge in [0.05, 0.1) is 19.3 Å². The van der Waals surface area contributed by atoms with Gasteiger partial charge in [-0.15, -0.1) is 12.4 Å². The van der Waals surface area contributed by atoms with E-state index < -0.39 is 0 Å². The Morgan fingerprint density at radius 3 is 2.50 bits per heavy atom. The molecule has 2 aromatic carbocycles. The van der Waals surface area contributed by atoms with Gasteiger partial charge in [-0.05, 0) is 61.4 Å². The lowest BCUT2D eigenvalue weighted by Crippen LogP contribution is -2.08. The summed E-state index contributed by atoms with van der Waals surface area (Å²) < 4.78 is 10.3. The van der Waals surface area contributed by atoms with Gasteiger partial charge in [-0.2, -0.15) is 0 Å². The highest BCUT2D eigenvalue weighted by Crippen LogP contribution is 2.19.